The lowest BCUT2D eigenvalue weighted by atomic mass is 10.0. The number of aliphatic hydroxyl groups is 1. The molecule has 5 N–H and O–H groups in total. The van der Waals surface area contributed by atoms with Crippen LogP contribution in [0.3, 0.4) is 0 Å². The average Bonchev–Trinajstić information content (AvgIpc) is 3.45. The number of carbonyl (C=O) groups is 3. The first-order valence-corrected chi connectivity index (χ1v) is 15.1. The second-order valence-corrected chi connectivity index (χ2v) is 11.0. The number of benzene rings is 4. The first kappa shape index (κ1) is 33.4. The molecule has 0 saturated carbocycles. The molecule has 5 aromatic rings. The van der Waals surface area contributed by atoms with Gasteiger partial charge in [0.1, 0.15) is 30.3 Å². The number of aromatic hydroxyl groups is 1. The zero-order valence-electron chi connectivity index (χ0n) is 25.8. The van der Waals surface area contributed by atoms with Crippen molar-refractivity contribution in [3.05, 3.63) is 137 Å². The van der Waals surface area contributed by atoms with Crippen LogP contribution in [-0.2, 0) is 33.9 Å². The first-order chi connectivity index (χ1) is 23.3. The Morgan fingerprint density at radius 1 is 0.812 bits per heavy atom. The fraction of sp³-hybridized carbons (Fsp3) is 0.167. The molecule has 0 unspecified atom stereocenters. The quantitative estimate of drug-likeness (QED) is 0.0958. The van der Waals surface area contributed by atoms with Crippen molar-refractivity contribution in [2.45, 2.75) is 31.7 Å². The Morgan fingerprint density at radius 2 is 1.50 bits per heavy atom. The molecule has 48 heavy (non-hydrogen) atoms. The van der Waals surface area contributed by atoms with Crippen LogP contribution in [0.2, 0.25) is 0 Å². The van der Waals surface area contributed by atoms with Crippen molar-refractivity contribution in [2.24, 2.45) is 5.10 Å². The molecule has 0 aliphatic heterocycles. The third kappa shape index (κ3) is 9.04. The molecule has 11 nitrogen and oxygen atoms in total. The predicted octanol–water partition coefficient (Wildman–Crippen LogP) is 4.00. The van der Waals surface area contributed by atoms with Gasteiger partial charge in [0.05, 0.1) is 12.8 Å². The van der Waals surface area contributed by atoms with E-state index in [0.717, 1.165) is 22.0 Å². The number of hydrogen-bond donors (Lipinski definition) is 5. The molecule has 3 amide bonds. The number of aromatic nitrogens is 1. The van der Waals surface area contributed by atoms with Crippen LogP contribution in [0.4, 0.5) is 9.18 Å². The van der Waals surface area contributed by atoms with Gasteiger partial charge in [-0.2, -0.15) is 5.10 Å². The number of rotatable bonds is 13. The minimum Gasteiger partial charge on any atom is -0.508 e. The fourth-order valence-electron chi connectivity index (χ4n) is 4.99. The average molecular weight is 652 g/mol. The summed E-state index contributed by atoms with van der Waals surface area (Å²) in [6.07, 6.45) is 2.45. The van der Waals surface area contributed by atoms with Crippen molar-refractivity contribution in [3.63, 3.8) is 0 Å². The monoisotopic (exact) mass is 651 g/mol. The highest BCUT2D eigenvalue weighted by atomic mass is 19.1. The summed E-state index contributed by atoms with van der Waals surface area (Å²) in [6, 6.07) is 26.4. The number of ether oxygens (including phenoxy) is 1. The van der Waals surface area contributed by atoms with Gasteiger partial charge in [-0.1, -0.05) is 72.8 Å². The number of halogens is 1. The lowest BCUT2D eigenvalue weighted by molar-refractivity contribution is -0.130. The summed E-state index contributed by atoms with van der Waals surface area (Å²) in [4.78, 5) is 38.9. The number of fused-ring (bicyclic) bond motifs is 1. The van der Waals surface area contributed by atoms with Gasteiger partial charge in [-0.05, 0) is 47.0 Å². The van der Waals surface area contributed by atoms with Gasteiger partial charge in [-0.15, -0.1) is 0 Å². The fourth-order valence-corrected chi connectivity index (χ4v) is 4.99. The highest BCUT2D eigenvalue weighted by molar-refractivity contribution is 6.00. The molecule has 0 bridgehead atoms. The van der Waals surface area contributed by atoms with Gasteiger partial charge in [-0.25, -0.2) is 14.6 Å². The van der Waals surface area contributed by atoms with Crippen molar-refractivity contribution in [3.8, 4) is 5.75 Å². The van der Waals surface area contributed by atoms with E-state index in [2.05, 4.69) is 21.2 Å². The molecule has 0 saturated heterocycles. The molecule has 0 aliphatic rings. The summed E-state index contributed by atoms with van der Waals surface area (Å²) in [7, 11) is 0. The predicted molar refractivity (Wildman–Crippen MR) is 178 cm³/mol. The molecule has 4 aromatic carbocycles. The molecule has 246 valence electrons. The van der Waals surface area contributed by atoms with E-state index in [-0.39, 0.29) is 24.6 Å². The summed E-state index contributed by atoms with van der Waals surface area (Å²) < 4.78 is 20.6. The van der Waals surface area contributed by atoms with Crippen molar-refractivity contribution >= 4 is 35.0 Å². The van der Waals surface area contributed by atoms with Crippen LogP contribution in [0.25, 0.3) is 10.9 Å². The van der Waals surface area contributed by atoms with Crippen LogP contribution in [0.15, 0.2) is 114 Å². The Bertz CT molecular complexity index is 1880. The summed E-state index contributed by atoms with van der Waals surface area (Å²) in [5.74, 6) is -1.76. The van der Waals surface area contributed by atoms with Crippen LogP contribution in [-0.4, -0.2) is 57.6 Å². The number of para-hydroxylation sites is 1. The van der Waals surface area contributed by atoms with E-state index in [4.69, 9.17) is 4.74 Å². The molecule has 0 fully saturated rings. The second-order valence-electron chi connectivity index (χ2n) is 11.0. The lowest BCUT2D eigenvalue weighted by Crippen LogP contribution is -2.55. The van der Waals surface area contributed by atoms with E-state index in [0.29, 0.717) is 17.7 Å². The maximum atomic E-state index is 13.4. The lowest BCUT2D eigenvalue weighted by Gasteiger charge is -2.21. The van der Waals surface area contributed by atoms with Crippen LogP contribution in [0.1, 0.15) is 22.3 Å². The first-order valence-electron chi connectivity index (χ1n) is 15.1. The van der Waals surface area contributed by atoms with E-state index in [1.807, 2.05) is 41.1 Å². The third-order valence-electron chi connectivity index (χ3n) is 7.48. The van der Waals surface area contributed by atoms with Gasteiger partial charge in [0.15, 0.2) is 0 Å². The Labute approximate surface area is 275 Å². The van der Waals surface area contributed by atoms with E-state index in [1.165, 1.54) is 30.5 Å². The Kier molecular flexibility index (Phi) is 11.1. The molecule has 0 aliphatic carbocycles. The minimum atomic E-state index is -1.40. The summed E-state index contributed by atoms with van der Waals surface area (Å²) in [5, 5.41) is 29.5. The molecular formula is C36H34FN5O6. The van der Waals surface area contributed by atoms with Crippen molar-refractivity contribution in [2.75, 3.05) is 6.61 Å². The molecule has 12 heteroatoms. The van der Waals surface area contributed by atoms with Gasteiger partial charge < -0.3 is 30.2 Å². The number of nitrogens with one attached hydrogen (secondary N) is 3. The normalized spacial score (nSPS) is 12.4. The number of nitrogens with zero attached hydrogens (tertiary/aromatic N) is 2. The van der Waals surface area contributed by atoms with Crippen molar-refractivity contribution < 1.29 is 33.7 Å². The number of hydrazone groups is 1. The van der Waals surface area contributed by atoms with Gasteiger partial charge in [0, 0.05) is 35.6 Å². The summed E-state index contributed by atoms with van der Waals surface area (Å²) >= 11 is 0. The van der Waals surface area contributed by atoms with Crippen molar-refractivity contribution in [1.82, 2.24) is 20.6 Å². The van der Waals surface area contributed by atoms with Gasteiger partial charge in [-0.3, -0.25) is 9.59 Å². The highest BCUT2D eigenvalue weighted by Gasteiger charge is 2.27. The van der Waals surface area contributed by atoms with Crippen LogP contribution in [0.5, 0.6) is 5.75 Å². The molecule has 5 rings (SSSR count). The van der Waals surface area contributed by atoms with E-state index < -0.39 is 36.6 Å². The number of phenols is 1. The van der Waals surface area contributed by atoms with E-state index in [9.17, 15) is 29.0 Å². The Balaban J connectivity index is 1.27. The maximum Gasteiger partial charge on any atom is 0.408 e. The topological polar surface area (TPSA) is 154 Å². The number of hydrogen-bond acceptors (Lipinski definition) is 7. The van der Waals surface area contributed by atoms with Gasteiger partial charge in [0.2, 0.25) is 5.91 Å². The Hall–Kier alpha value is -6.01. The zero-order valence-corrected chi connectivity index (χ0v) is 25.8. The standard InChI is InChI=1S/C36H34FN5O6/c37-28-14-10-25(11-15-28)20-42-21-27(30-8-4-5-9-33(30)42)19-38-41-35(46)31(18-24-12-16-29(44)17-13-24)39-34(45)32(22-43)40-36(47)48-23-26-6-2-1-3-7-26/h1-17,19,21,31-32,43-44H,18,20,22-23H2,(H,39,45)(H,40,47)(H,41,46)/b38-19-/t31-,32-/m0/s1. The number of alkyl carbamates (subject to hydrolysis) is 1. The molecule has 0 spiro atoms. The van der Waals surface area contributed by atoms with Crippen LogP contribution in [0, 0.1) is 5.82 Å². The molecule has 1 heterocycles. The Morgan fingerprint density at radius 3 is 2.23 bits per heavy atom. The van der Waals surface area contributed by atoms with Gasteiger partial charge >= 0.3 is 6.09 Å². The van der Waals surface area contributed by atoms with Crippen LogP contribution >= 0.6 is 0 Å². The number of amides is 3. The molecule has 2 atom stereocenters. The largest absolute Gasteiger partial charge is 0.508 e. The van der Waals surface area contributed by atoms with Gasteiger partial charge in [0.25, 0.3) is 5.91 Å². The summed E-state index contributed by atoms with van der Waals surface area (Å²) in [5.41, 5.74) is 6.37. The van der Waals surface area contributed by atoms with Crippen LogP contribution < -0.4 is 16.1 Å². The van der Waals surface area contributed by atoms with E-state index >= 15 is 0 Å². The zero-order chi connectivity index (χ0) is 33.9. The maximum absolute atomic E-state index is 13.4. The van der Waals surface area contributed by atoms with Crippen molar-refractivity contribution in [1.29, 1.82) is 0 Å². The molecule has 0 radical (unpaired) electrons. The number of carbonyl (C=O) groups excluding carboxylic acids is 3. The highest BCUT2D eigenvalue weighted by Crippen LogP contribution is 2.21. The smallest absolute Gasteiger partial charge is 0.408 e. The molecular weight excluding hydrogens is 617 g/mol. The number of aliphatic hydroxyl groups excluding tert-OH is 1. The summed E-state index contributed by atoms with van der Waals surface area (Å²) in [6.45, 7) is -0.303. The molecule has 1 aromatic heterocycles. The third-order valence-corrected chi connectivity index (χ3v) is 7.48. The number of phenolic OH excluding ortho intramolecular Hbond substituents is 1. The minimum absolute atomic E-state index is 0.0148. The SMILES string of the molecule is O=C(N[C@@H](CO)C(=O)N[C@@H](Cc1ccc(O)cc1)C(=O)N/N=C\c1cn(Cc2ccc(F)cc2)c2ccccc12)OCc1ccccc1. The van der Waals surface area contributed by atoms with E-state index in [1.54, 1.807) is 48.5 Å². The second kappa shape index (κ2) is 16.0.